The minimum atomic E-state index is -3.88. The van der Waals surface area contributed by atoms with Crippen molar-refractivity contribution in [1.82, 2.24) is 0 Å². The van der Waals surface area contributed by atoms with Crippen LogP contribution in [0, 0.1) is 13.8 Å². The van der Waals surface area contributed by atoms with E-state index < -0.39 is 9.05 Å². The van der Waals surface area contributed by atoms with Gasteiger partial charge < -0.3 is 4.74 Å². The average Bonchev–Trinajstić information content (AvgIpc) is 2.25. The maximum absolute atomic E-state index is 11.5. The first kappa shape index (κ1) is 15.6. The van der Waals surface area contributed by atoms with E-state index in [1.165, 1.54) is 6.07 Å². The molecule has 3 nitrogen and oxygen atoms in total. The number of ether oxygens (including phenoxy) is 1. The summed E-state index contributed by atoms with van der Waals surface area (Å²) in [6.45, 7) is 3.48. The second kappa shape index (κ2) is 6.15. The summed E-state index contributed by atoms with van der Waals surface area (Å²) in [4.78, 5) is -0.0688. The Kier molecular flexibility index (Phi) is 5.34. The van der Waals surface area contributed by atoms with Crippen molar-refractivity contribution in [2.75, 3.05) is 6.61 Å². The Morgan fingerprint density at radius 1 is 1.39 bits per heavy atom. The maximum atomic E-state index is 11.5. The van der Waals surface area contributed by atoms with Gasteiger partial charge in [0.15, 0.2) is 0 Å². The van der Waals surface area contributed by atoms with Gasteiger partial charge in [0.2, 0.25) is 0 Å². The van der Waals surface area contributed by atoms with Crippen LogP contribution >= 0.6 is 33.9 Å². The van der Waals surface area contributed by atoms with Crippen LogP contribution in [0.3, 0.4) is 0 Å². The number of hydrogen-bond donors (Lipinski definition) is 0. The highest BCUT2D eigenvalue weighted by atomic mass is 35.7. The fourth-order valence-electron chi connectivity index (χ4n) is 1.45. The van der Waals surface area contributed by atoms with Gasteiger partial charge in [0.1, 0.15) is 17.3 Å². The molecule has 0 aliphatic heterocycles. The van der Waals surface area contributed by atoms with Crippen molar-refractivity contribution in [2.24, 2.45) is 0 Å². The van der Waals surface area contributed by atoms with Crippen LogP contribution in [0.1, 0.15) is 11.1 Å². The van der Waals surface area contributed by atoms with Gasteiger partial charge in [-0.2, -0.15) is 0 Å². The topological polar surface area (TPSA) is 43.4 Å². The molecule has 0 aliphatic rings. The summed E-state index contributed by atoms with van der Waals surface area (Å²) >= 11 is 11.1. The van der Waals surface area contributed by atoms with Crippen LogP contribution < -0.4 is 4.74 Å². The second-order valence-corrected chi connectivity index (χ2v) is 6.93. The Morgan fingerprint density at radius 3 is 2.50 bits per heavy atom. The van der Waals surface area contributed by atoms with Crippen molar-refractivity contribution in [3.05, 3.63) is 33.8 Å². The van der Waals surface area contributed by atoms with Crippen molar-refractivity contribution in [1.29, 1.82) is 0 Å². The predicted molar refractivity (Wildman–Crippen MR) is 74.2 cm³/mol. The first-order chi connectivity index (χ1) is 8.25. The molecule has 0 aromatic heterocycles. The largest absolute Gasteiger partial charge is 0.486 e. The van der Waals surface area contributed by atoms with Crippen molar-refractivity contribution in [3.63, 3.8) is 0 Å². The molecule has 1 aromatic carbocycles. The van der Waals surface area contributed by atoms with Gasteiger partial charge >= 0.3 is 0 Å². The molecule has 0 saturated heterocycles. The zero-order chi connectivity index (χ0) is 13.9. The minimum absolute atomic E-state index is 0.0195. The van der Waals surface area contributed by atoms with Gasteiger partial charge in [-0.25, -0.2) is 8.42 Å². The fourth-order valence-corrected chi connectivity index (χ4v) is 2.68. The van der Waals surface area contributed by atoms with Gasteiger partial charge in [0.05, 0.1) is 5.03 Å². The van der Waals surface area contributed by atoms with Crippen molar-refractivity contribution in [2.45, 2.75) is 18.7 Å². The van der Waals surface area contributed by atoms with E-state index in [0.717, 1.165) is 11.1 Å². The van der Waals surface area contributed by atoms with Gasteiger partial charge in [0, 0.05) is 16.2 Å². The number of rotatable bonds is 4. The highest BCUT2D eigenvalue weighted by molar-refractivity contribution is 8.13. The third kappa shape index (κ3) is 4.05. The van der Waals surface area contributed by atoms with Crippen LogP contribution in [-0.4, -0.2) is 15.0 Å². The van der Waals surface area contributed by atoms with E-state index in [0.29, 0.717) is 5.56 Å². The van der Waals surface area contributed by atoms with Crippen LogP contribution in [0.4, 0.5) is 0 Å². The molecule has 0 spiro atoms. The van der Waals surface area contributed by atoms with Crippen LogP contribution in [0.25, 0.3) is 0 Å². The standard InChI is InChI=1S/C11H11Cl3O3S/c1-7-3-8(2)11(17-6-9(13)5-12)10(4-7)18(14,15)16/h3-5H,6H2,1-2H3/b9-5-. The maximum Gasteiger partial charge on any atom is 0.265 e. The molecule has 7 heteroatoms. The molecule has 0 fully saturated rings. The molecule has 0 saturated carbocycles. The van der Waals surface area contributed by atoms with E-state index in [4.69, 9.17) is 38.6 Å². The smallest absolute Gasteiger partial charge is 0.265 e. The molecule has 0 radical (unpaired) electrons. The lowest BCUT2D eigenvalue weighted by Gasteiger charge is -2.13. The molecule has 0 atom stereocenters. The zero-order valence-corrected chi connectivity index (χ0v) is 12.8. The van der Waals surface area contributed by atoms with Crippen LogP contribution in [-0.2, 0) is 9.05 Å². The molecular formula is C11H11Cl3O3S. The van der Waals surface area contributed by atoms with Crippen molar-refractivity contribution in [3.8, 4) is 5.75 Å². The molecule has 0 heterocycles. The van der Waals surface area contributed by atoms with E-state index in [9.17, 15) is 8.42 Å². The third-order valence-corrected chi connectivity index (χ3v) is 4.04. The molecule has 0 unspecified atom stereocenters. The molecule has 18 heavy (non-hydrogen) atoms. The molecular weight excluding hydrogens is 319 g/mol. The second-order valence-electron chi connectivity index (χ2n) is 3.69. The van der Waals surface area contributed by atoms with Gasteiger partial charge in [0.25, 0.3) is 9.05 Å². The Bertz CT molecular complexity index is 579. The predicted octanol–water partition coefficient (Wildman–Crippen LogP) is 3.93. The summed E-state index contributed by atoms with van der Waals surface area (Å²) in [6.07, 6.45) is 0. The monoisotopic (exact) mass is 328 g/mol. The van der Waals surface area contributed by atoms with Crippen LogP contribution in [0.2, 0.25) is 0 Å². The Hall–Kier alpha value is -0.420. The highest BCUT2D eigenvalue weighted by Crippen LogP contribution is 2.32. The summed E-state index contributed by atoms with van der Waals surface area (Å²) in [6, 6.07) is 3.24. The van der Waals surface area contributed by atoms with Crippen molar-refractivity contribution < 1.29 is 13.2 Å². The van der Waals surface area contributed by atoms with Gasteiger partial charge in [-0.15, -0.1) is 0 Å². The lowest BCUT2D eigenvalue weighted by molar-refractivity contribution is 0.347. The molecule has 1 aromatic rings. The van der Waals surface area contributed by atoms with E-state index in [1.807, 2.05) is 0 Å². The Balaban J connectivity index is 3.25. The number of benzene rings is 1. The highest BCUT2D eigenvalue weighted by Gasteiger charge is 2.19. The summed E-state index contributed by atoms with van der Waals surface area (Å²) in [5, 5.41) is 0.259. The number of aryl methyl sites for hydroxylation is 2. The fraction of sp³-hybridized carbons (Fsp3) is 0.273. The summed E-state index contributed by atoms with van der Waals surface area (Å²) in [7, 11) is 1.49. The Labute approximate surface area is 121 Å². The minimum Gasteiger partial charge on any atom is -0.486 e. The van der Waals surface area contributed by atoms with Crippen LogP contribution in [0.5, 0.6) is 5.75 Å². The molecule has 0 amide bonds. The van der Waals surface area contributed by atoms with E-state index in [2.05, 4.69) is 0 Å². The zero-order valence-electron chi connectivity index (χ0n) is 9.71. The summed E-state index contributed by atoms with van der Waals surface area (Å²) < 4.78 is 28.3. The number of halogens is 3. The van der Waals surface area contributed by atoms with Gasteiger partial charge in [-0.05, 0) is 31.0 Å². The third-order valence-electron chi connectivity index (χ3n) is 2.12. The lowest BCUT2D eigenvalue weighted by atomic mass is 10.1. The first-order valence-corrected chi connectivity index (χ1v) is 8.01. The van der Waals surface area contributed by atoms with Crippen LogP contribution in [0.15, 0.2) is 27.6 Å². The van der Waals surface area contributed by atoms with Gasteiger partial charge in [-0.1, -0.05) is 29.3 Å². The van der Waals surface area contributed by atoms with E-state index in [-0.39, 0.29) is 22.3 Å². The average molecular weight is 330 g/mol. The number of hydrogen-bond acceptors (Lipinski definition) is 3. The Morgan fingerprint density at radius 2 is 2.00 bits per heavy atom. The molecule has 0 bridgehead atoms. The molecule has 100 valence electrons. The summed E-state index contributed by atoms with van der Waals surface area (Å²) in [5.74, 6) is 0.187. The normalized spacial score (nSPS) is 12.6. The SMILES string of the molecule is Cc1cc(C)c(OC/C(Cl)=C/Cl)c(S(=O)(=O)Cl)c1. The van der Waals surface area contributed by atoms with Crippen molar-refractivity contribution >= 4 is 42.9 Å². The molecule has 0 aliphatic carbocycles. The van der Waals surface area contributed by atoms with E-state index in [1.54, 1.807) is 19.9 Å². The molecule has 1 rings (SSSR count). The van der Waals surface area contributed by atoms with E-state index >= 15 is 0 Å². The summed E-state index contributed by atoms with van der Waals surface area (Å²) in [5.41, 5.74) is 2.59. The molecule has 0 N–H and O–H groups in total. The first-order valence-electron chi connectivity index (χ1n) is 4.89. The quantitative estimate of drug-likeness (QED) is 0.786. The van der Waals surface area contributed by atoms with Gasteiger partial charge in [-0.3, -0.25) is 0 Å². The lowest BCUT2D eigenvalue weighted by Crippen LogP contribution is -2.04.